The monoisotopic (exact) mass is 288 g/mol. The van der Waals surface area contributed by atoms with Crippen LogP contribution in [0.2, 0.25) is 0 Å². The summed E-state index contributed by atoms with van der Waals surface area (Å²) in [6.45, 7) is 5.54. The zero-order valence-electron chi connectivity index (χ0n) is 13.2. The normalized spacial score (nSPS) is 19.7. The number of amides is 1. The molecule has 1 aromatic heterocycles. The van der Waals surface area contributed by atoms with Gasteiger partial charge in [0.05, 0.1) is 0 Å². The Labute approximate surface area is 126 Å². The van der Waals surface area contributed by atoms with Crippen molar-refractivity contribution >= 4 is 11.7 Å². The first-order chi connectivity index (χ1) is 10.0. The molecule has 5 heteroatoms. The molecule has 5 nitrogen and oxygen atoms in total. The van der Waals surface area contributed by atoms with Crippen LogP contribution in [0.15, 0.2) is 6.07 Å². The zero-order chi connectivity index (χ0) is 15.0. The Kier molecular flexibility index (Phi) is 3.83. The summed E-state index contributed by atoms with van der Waals surface area (Å²) in [4.78, 5) is 24.8. The number of piperidine rings is 1. The van der Waals surface area contributed by atoms with Crippen molar-refractivity contribution in [1.29, 1.82) is 0 Å². The lowest BCUT2D eigenvalue weighted by molar-refractivity contribution is -0.129. The predicted molar refractivity (Wildman–Crippen MR) is 82.4 cm³/mol. The predicted octanol–water partition coefficient (Wildman–Crippen LogP) is 2.11. The van der Waals surface area contributed by atoms with Crippen molar-refractivity contribution in [3.63, 3.8) is 0 Å². The molecule has 1 aliphatic heterocycles. The van der Waals surface area contributed by atoms with E-state index in [2.05, 4.69) is 20.9 Å². The summed E-state index contributed by atoms with van der Waals surface area (Å²) in [5.41, 5.74) is 1.21. The summed E-state index contributed by atoms with van der Waals surface area (Å²) < 4.78 is 0. The average Bonchev–Trinajstić information content (AvgIpc) is 3.30. The highest BCUT2D eigenvalue weighted by Gasteiger charge is 2.28. The molecule has 0 bridgehead atoms. The lowest BCUT2D eigenvalue weighted by Gasteiger charge is -2.37. The Hall–Kier alpha value is -1.65. The van der Waals surface area contributed by atoms with Gasteiger partial charge in [0.15, 0.2) is 0 Å². The van der Waals surface area contributed by atoms with Crippen LogP contribution in [0.4, 0.5) is 5.82 Å². The van der Waals surface area contributed by atoms with Crippen LogP contribution in [0.25, 0.3) is 0 Å². The van der Waals surface area contributed by atoms with Crippen LogP contribution >= 0.6 is 0 Å². The van der Waals surface area contributed by atoms with Gasteiger partial charge in [0.25, 0.3) is 0 Å². The Morgan fingerprint density at radius 2 is 1.90 bits per heavy atom. The molecule has 0 atom stereocenters. The molecule has 1 saturated heterocycles. The molecular formula is C16H24N4O. The SMILES string of the molecule is CC(=O)N(C)C1CCN(c2cc(C3CC3)nc(C)n2)CC1. The number of hydrogen-bond acceptors (Lipinski definition) is 4. The van der Waals surface area contributed by atoms with Gasteiger partial charge in [0.2, 0.25) is 5.91 Å². The van der Waals surface area contributed by atoms with Crippen molar-refractivity contribution in [2.45, 2.75) is 51.5 Å². The standard InChI is InChI=1S/C16H24N4O/c1-11-17-15(13-4-5-13)10-16(18-11)20-8-6-14(7-9-20)19(3)12(2)21/h10,13-14H,4-9H2,1-3H3. The molecule has 0 unspecified atom stereocenters. The minimum absolute atomic E-state index is 0.155. The van der Waals surface area contributed by atoms with E-state index in [4.69, 9.17) is 0 Å². The van der Waals surface area contributed by atoms with Gasteiger partial charge < -0.3 is 9.80 Å². The number of carbonyl (C=O) groups is 1. The molecule has 0 spiro atoms. The number of aromatic nitrogens is 2. The highest BCUT2D eigenvalue weighted by atomic mass is 16.2. The lowest BCUT2D eigenvalue weighted by Crippen LogP contribution is -2.45. The quantitative estimate of drug-likeness (QED) is 0.855. The van der Waals surface area contributed by atoms with E-state index >= 15 is 0 Å². The highest BCUT2D eigenvalue weighted by Crippen LogP contribution is 2.40. The van der Waals surface area contributed by atoms with Gasteiger partial charge in [-0.25, -0.2) is 9.97 Å². The number of aryl methyl sites for hydroxylation is 1. The maximum Gasteiger partial charge on any atom is 0.219 e. The first-order valence-electron chi connectivity index (χ1n) is 7.88. The molecular weight excluding hydrogens is 264 g/mol. The Balaban J connectivity index is 1.68. The number of rotatable bonds is 3. The van der Waals surface area contributed by atoms with Crippen LogP contribution in [-0.4, -0.2) is 47.0 Å². The maximum atomic E-state index is 11.5. The van der Waals surface area contributed by atoms with E-state index in [1.165, 1.54) is 18.5 Å². The summed E-state index contributed by atoms with van der Waals surface area (Å²) in [5.74, 6) is 2.75. The average molecular weight is 288 g/mol. The van der Waals surface area contributed by atoms with Crippen LogP contribution in [0.5, 0.6) is 0 Å². The van der Waals surface area contributed by atoms with Gasteiger partial charge in [0, 0.05) is 50.8 Å². The lowest BCUT2D eigenvalue weighted by atomic mass is 10.0. The smallest absolute Gasteiger partial charge is 0.219 e. The van der Waals surface area contributed by atoms with Crippen molar-refractivity contribution in [2.75, 3.05) is 25.0 Å². The molecule has 1 saturated carbocycles. The Morgan fingerprint density at radius 1 is 1.24 bits per heavy atom. The van der Waals surface area contributed by atoms with Crippen molar-refractivity contribution in [3.8, 4) is 0 Å². The molecule has 114 valence electrons. The number of carbonyl (C=O) groups excluding carboxylic acids is 1. The second-order valence-electron chi connectivity index (χ2n) is 6.32. The van der Waals surface area contributed by atoms with Crippen LogP contribution in [0, 0.1) is 6.92 Å². The molecule has 2 fully saturated rings. The third-order valence-corrected chi connectivity index (χ3v) is 4.67. The van der Waals surface area contributed by atoms with Crippen molar-refractivity contribution in [2.24, 2.45) is 0 Å². The van der Waals surface area contributed by atoms with Crippen LogP contribution < -0.4 is 4.90 Å². The zero-order valence-corrected chi connectivity index (χ0v) is 13.2. The first-order valence-corrected chi connectivity index (χ1v) is 7.88. The summed E-state index contributed by atoms with van der Waals surface area (Å²) >= 11 is 0. The van der Waals surface area contributed by atoms with Crippen LogP contribution in [0.1, 0.15) is 50.0 Å². The molecule has 3 rings (SSSR count). The van der Waals surface area contributed by atoms with Gasteiger partial charge >= 0.3 is 0 Å². The number of hydrogen-bond donors (Lipinski definition) is 0. The van der Waals surface area contributed by atoms with Crippen molar-refractivity contribution in [3.05, 3.63) is 17.6 Å². The van der Waals surface area contributed by atoms with Gasteiger partial charge in [-0.05, 0) is 32.6 Å². The fourth-order valence-corrected chi connectivity index (χ4v) is 3.06. The van der Waals surface area contributed by atoms with Crippen molar-refractivity contribution in [1.82, 2.24) is 14.9 Å². The van der Waals surface area contributed by atoms with E-state index < -0.39 is 0 Å². The molecule has 2 heterocycles. The fourth-order valence-electron chi connectivity index (χ4n) is 3.06. The van der Waals surface area contributed by atoms with Crippen LogP contribution in [0.3, 0.4) is 0 Å². The van der Waals surface area contributed by atoms with Gasteiger partial charge in [-0.2, -0.15) is 0 Å². The van der Waals surface area contributed by atoms with Gasteiger partial charge in [-0.15, -0.1) is 0 Å². The second kappa shape index (κ2) is 5.62. The van der Waals surface area contributed by atoms with E-state index in [1.54, 1.807) is 6.92 Å². The molecule has 0 radical (unpaired) electrons. The van der Waals surface area contributed by atoms with Gasteiger partial charge in [-0.1, -0.05) is 0 Å². The summed E-state index contributed by atoms with van der Waals surface area (Å²) in [5, 5.41) is 0. The molecule has 2 aliphatic rings. The summed E-state index contributed by atoms with van der Waals surface area (Å²) in [6.07, 6.45) is 4.55. The van der Waals surface area contributed by atoms with Gasteiger partial charge in [-0.3, -0.25) is 4.79 Å². The largest absolute Gasteiger partial charge is 0.356 e. The molecule has 21 heavy (non-hydrogen) atoms. The van der Waals surface area contributed by atoms with E-state index in [0.717, 1.165) is 37.6 Å². The van der Waals surface area contributed by atoms with Crippen molar-refractivity contribution < 1.29 is 4.79 Å². The number of nitrogens with zero attached hydrogens (tertiary/aromatic N) is 4. The molecule has 0 N–H and O–H groups in total. The van der Waals surface area contributed by atoms with Gasteiger partial charge in [0.1, 0.15) is 11.6 Å². The van der Waals surface area contributed by atoms with E-state index in [9.17, 15) is 4.79 Å². The maximum absolute atomic E-state index is 11.5. The number of anilines is 1. The first kappa shape index (κ1) is 14.3. The molecule has 1 aliphatic carbocycles. The van der Waals surface area contributed by atoms with Crippen LogP contribution in [-0.2, 0) is 4.79 Å². The summed E-state index contributed by atoms with van der Waals surface area (Å²) in [6, 6.07) is 2.53. The molecule has 1 amide bonds. The summed E-state index contributed by atoms with van der Waals surface area (Å²) in [7, 11) is 1.91. The minimum atomic E-state index is 0.155. The Morgan fingerprint density at radius 3 is 2.48 bits per heavy atom. The third kappa shape index (κ3) is 3.17. The van der Waals surface area contributed by atoms with E-state index in [0.29, 0.717) is 12.0 Å². The fraction of sp³-hybridized carbons (Fsp3) is 0.688. The third-order valence-electron chi connectivity index (χ3n) is 4.67. The second-order valence-corrected chi connectivity index (χ2v) is 6.32. The topological polar surface area (TPSA) is 49.3 Å². The highest BCUT2D eigenvalue weighted by molar-refractivity contribution is 5.73. The van der Waals surface area contributed by atoms with E-state index in [1.807, 2.05) is 18.9 Å². The Bertz CT molecular complexity index is 533. The molecule has 1 aromatic rings. The molecule has 0 aromatic carbocycles. The van der Waals surface area contributed by atoms with E-state index in [-0.39, 0.29) is 5.91 Å². The minimum Gasteiger partial charge on any atom is -0.356 e.